The predicted molar refractivity (Wildman–Crippen MR) is 137 cm³/mol. The Balaban J connectivity index is 1.83. The summed E-state index contributed by atoms with van der Waals surface area (Å²) in [5.74, 6) is 0.316. The number of aryl methyl sites for hydroxylation is 2. The third kappa shape index (κ3) is 3.35. The van der Waals surface area contributed by atoms with Gasteiger partial charge in [0, 0.05) is 16.2 Å². The Morgan fingerprint density at radius 2 is 1.62 bits per heavy atom. The summed E-state index contributed by atoms with van der Waals surface area (Å²) in [6.45, 7) is 4.00. The monoisotopic (exact) mass is 533 g/mol. The van der Waals surface area contributed by atoms with Gasteiger partial charge >= 0.3 is 0 Å². The average molecular weight is 533 g/mol. The number of carbonyl (C=O) groups excluding carboxylic acids is 1. The highest BCUT2D eigenvalue weighted by molar-refractivity contribution is 14.1. The lowest BCUT2D eigenvalue weighted by molar-refractivity contribution is -0.112. The number of likely N-dealkylation sites (N-methyl/N-ethyl adjacent to an activating group) is 1. The SMILES string of the molecule is Cc1ccc(-n2c(/C=C3\C(=O)N(C)c4ccc(C)cc43)nc3ccc(I)cc3c2=O)cc1. The van der Waals surface area contributed by atoms with E-state index >= 15 is 0 Å². The highest BCUT2D eigenvalue weighted by Crippen LogP contribution is 2.37. The summed E-state index contributed by atoms with van der Waals surface area (Å²) in [6.07, 6.45) is 1.74. The first-order valence-electron chi connectivity index (χ1n) is 10.2. The zero-order valence-corrected chi connectivity index (χ0v) is 20.0. The number of amides is 1. The van der Waals surface area contributed by atoms with E-state index in [2.05, 4.69) is 22.6 Å². The molecular weight excluding hydrogens is 513 g/mol. The van der Waals surface area contributed by atoms with Crippen LogP contribution in [-0.2, 0) is 4.79 Å². The number of aromatic nitrogens is 2. The molecule has 32 heavy (non-hydrogen) atoms. The molecule has 0 N–H and O–H groups in total. The minimum atomic E-state index is -0.160. The van der Waals surface area contributed by atoms with Gasteiger partial charge in [-0.3, -0.25) is 14.2 Å². The van der Waals surface area contributed by atoms with Crippen molar-refractivity contribution in [3.05, 3.63) is 97.1 Å². The van der Waals surface area contributed by atoms with Crippen molar-refractivity contribution in [1.82, 2.24) is 9.55 Å². The Kier molecular flexibility index (Phi) is 4.97. The van der Waals surface area contributed by atoms with Crippen molar-refractivity contribution in [3.63, 3.8) is 0 Å². The van der Waals surface area contributed by atoms with Crippen LogP contribution in [0.25, 0.3) is 28.2 Å². The molecule has 0 atom stereocenters. The van der Waals surface area contributed by atoms with Gasteiger partial charge in [-0.05, 0) is 85.0 Å². The lowest BCUT2D eigenvalue weighted by Crippen LogP contribution is -2.23. The molecule has 1 aliphatic heterocycles. The summed E-state index contributed by atoms with van der Waals surface area (Å²) in [4.78, 5) is 33.2. The molecule has 1 amide bonds. The molecule has 158 valence electrons. The zero-order valence-electron chi connectivity index (χ0n) is 17.9. The van der Waals surface area contributed by atoms with E-state index in [1.54, 1.807) is 22.6 Å². The van der Waals surface area contributed by atoms with Gasteiger partial charge in [0.2, 0.25) is 0 Å². The Bertz CT molecular complexity index is 1500. The second kappa shape index (κ2) is 7.70. The van der Waals surface area contributed by atoms with Crippen LogP contribution in [0.3, 0.4) is 0 Å². The minimum absolute atomic E-state index is 0.113. The van der Waals surface area contributed by atoms with E-state index in [1.165, 1.54) is 0 Å². The standard InChI is InChI=1S/C26H20IN3O2/c1-15-4-8-18(9-5-15)30-24(28-22-10-7-17(27)13-21(22)26(30)32)14-20-19-12-16(2)6-11-23(19)29(3)25(20)31/h4-14H,1-3H3/b20-14-. The van der Waals surface area contributed by atoms with Crippen LogP contribution >= 0.6 is 22.6 Å². The van der Waals surface area contributed by atoms with Gasteiger partial charge < -0.3 is 4.90 Å². The van der Waals surface area contributed by atoms with E-state index in [9.17, 15) is 9.59 Å². The van der Waals surface area contributed by atoms with Crippen LogP contribution in [0.2, 0.25) is 0 Å². The molecule has 5 rings (SSSR count). The molecule has 0 unspecified atom stereocenters. The van der Waals surface area contributed by atoms with Gasteiger partial charge in [-0.25, -0.2) is 4.98 Å². The highest BCUT2D eigenvalue weighted by Gasteiger charge is 2.30. The van der Waals surface area contributed by atoms with Crippen molar-refractivity contribution in [2.45, 2.75) is 13.8 Å². The third-order valence-corrected chi connectivity index (χ3v) is 6.43. The van der Waals surface area contributed by atoms with Gasteiger partial charge in [-0.15, -0.1) is 0 Å². The predicted octanol–water partition coefficient (Wildman–Crippen LogP) is 5.12. The number of halogens is 1. The van der Waals surface area contributed by atoms with Gasteiger partial charge in [-0.1, -0.05) is 29.3 Å². The number of hydrogen-bond acceptors (Lipinski definition) is 3. The van der Waals surface area contributed by atoms with Crippen LogP contribution in [0.4, 0.5) is 5.69 Å². The van der Waals surface area contributed by atoms with Crippen molar-refractivity contribution in [3.8, 4) is 5.69 Å². The zero-order chi connectivity index (χ0) is 22.6. The molecule has 2 heterocycles. The normalized spacial score (nSPS) is 14.4. The second-order valence-corrected chi connectivity index (χ2v) is 9.30. The molecule has 0 aliphatic carbocycles. The molecule has 4 aromatic rings. The smallest absolute Gasteiger partial charge is 0.266 e. The molecule has 0 radical (unpaired) electrons. The summed E-state index contributed by atoms with van der Waals surface area (Å²) < 4.78 is 2.55. The van der Waals surface area contributed by atoms with E-state index in [4.69, 9.17) is 4.98 Å². The van der Waals surface area contributed by atoms with Crippen molar-refractivity contribution >= 4 is 56.7 Å². The number of anilines is 1. The molecule has 6 heteroatoms. The molecule has 0 saturated carbocycles. The van der Waals surface area contributed by atoms with E-state index in [0.717, 1.165) is 25.9 Å². The Labute approximate surface area is 199 Å². The van der Waals surface area contributed by atoms with Crippen molar-refractivity contribution in [2.75, 3.05) is 11.9 Å². The maximum Gasteiger partial charge on any atom is 0.266 e. The van der Waals surface area contributed by atoms with Crippen molar-refractivity contribution < 1.29 is 4.79 Å². The van der Waals surface area contributed by atoms with E-state index < -0.39 is 0 Å². The van der Waals surface area contributed by atoms with Gasteiger partial charge in [0.25, 0.3) is 11.5 Å². The quantitative estimate of drug-likeness (QED) is 0.266. The Morgan fingerprint density at radius 3 is 2.38 bits per heavy atom. The molecule has 0 spiro atoms. The fourth-order valence-electron chi connectivity index (χ4n) is 4.05. The van der Waals surface area contributed by atoms with Crippen LogP contribution in [0, 0.1) is 17.4 Å². The van der Waals surface area contributed by atoms with Crippen molar-refractivity contribution in [2.24, 2.45) is 0 Å². The molecule has 3 aromatic carbocycles. The average Bonchev–Trinajstić information content (AvgIpc) is 3.00. The van der Waals surface area contributed by atoms with Crippen molar-refractivity contribution in [1.29, 1.82) is 0 Å². The number of nitrogens with zero attached hydrogens (tertiary/aromatic N) is 3. The largest absolute Gasteiger partial charge is 0.311 e. The van der Waals surface area contributed by atoms with Crippen LogP contribution in [0.15, 0.2) is 65.5 Å². The fourth-order valence-corrected chi connectivity index (χ4v) is 4.54. The lowest BCUT2D eigenvalue weighted by Gasteiger charge is -2.13. The highest BCUT2D eigenvalue weighted by atomic mass is 127. The first kappa shape index (κ1) is 20.6. The molecule has 0 bridgehead atoms. The first-order valence-corrected chi connectivity index (χ1v) is 11.3. The van der Waals surface area contributed by atoms with Crippen LogP contribution in [-0.4, -0.2) is 22.5 Å². The van der Waals surface area contributed by atoms with Gasteiger partial charge in [0.1, 0.15) is 5.82 Å². The Morgan fingerprint density at radius 1 is 0.906 bits per heavy atom. The van der Waals surface area contributed by atoms with E-state index in [0.29, 0.717) is 28.0 Å². The van der Waals surface area contributed by atoms with Gasteiger partial charge in [0.05, 0.1) is 27.9 Å². The van der Waals surface area contributed by atoms with Crippen LogP contribution < -0.4 is 10.5 Å². The van der Waals surface area contributed by atoms with Gasteiger partial charge in [-0.2, -0.15) is 0 Å². The molecule has 5 nitrogen and oxygen atoms in total. The van der Waals surface area contributed by atoms with E-state index in [-0.39, 0.29) is 11.5 Å². The topological polar surface area (TPSA) is 55.2 Å². The van der Waals surface area contributed by atoms with Crippen LogP contribution in [0.5, 0.6) is 0 Å². The van der Waals surface area contributed by atoms with E-state index in [1.807, 2.05) is 74.5 Å². The van der Waals surface area contributed by atoms with Crippen LogP contribution in [0.1, 0.15) is 22.5 Å². The number of carbonyl (C=O) groups is 1. The molecule has 0 fully saturated rings. The molecular formula is C26H20IN3O2. The summed E-state index contributed by atoms with van der Waals surface area (Å²) in [6, 6.07) is 19.3. The summed E-state index contributed by atoms with van der Waals surface area (Å²) in [5.41, 5.74) is 5.56. The maximum atomic E-state index is 13.6. The summed E-state index contributed by atoms with van der Waals surface area (Å²) in [5, 5.41) is 0.547. The fraction of sp³-hybridized carbons (Fsp3) is 0.115. The maximum absolute atomic E-state index is 13.6. The lowest BCUT2D eigenvalue weighted by atomic mass is 10.0. The van der Waals surface area contributed by atoms with Gasteiger partial charge in [0.15, 0.2) is 0 Å². The second-order valence-electron chi connectivity index (χ2n) is 8.05. The summed E-state index contributed by atoms with van der Waals surface area (Å²) in [7, 11) is 1.76. The number of rotatable bonds is 2. The molecule has 1 aromatic heterocycles. The number of fused-ring (bicyclic) bond motifs is 2. The number of benzene rings is 3. The number of hydrogen-bond donors (Lipinski definition) is 0. The Hall–Kier alpha value is -3.26. The first-order chi connectivity index (χ1) is 15.3. The molecule has 0 saturated heterocycles. The minimum Gasteiger partial charge on any atom is -0.311 e. The molecule has 1 aliphatic rings. The third-order valence-electron chi connectivity index (χ3n) is 5.76. The summed E-state index contributed by atoms with van der Waals surface area (Å²) >= 11 is 2.19.